The Labute approximate surface area is 149 Å². The topological polar surface area (TPSA) is 84.2 Å². The molecule has 6 heteroatoms. The molecule has 0 fully saturated rings. The second-order valence-corrected chi connectivity index (χ2v) is 6.32. The molecular weight excluding hydrogens is 370 g/mol. The predicted octanol–water partition coefficient (Wildman–Crippen LogP) is 2.91. The number of benzene rings is 2. The number of rotatable bonds is 7. The summed E-state index contributed by atoms with van der Waals surface area (Å²) in [5.41, 5.74) is 7.21. The normalized spacial score (nSPS) is 11.5. The summed E-state index contributed by atoms with van der Waals surface area (Å²) < 4.78 is 0.927. The van der Waals surface area contributed by atoms with E-state index in [9.17, 15) is 9.59 Å². The number of amides is 3. The van der Waals surface area contributed by atoms with Crippen LogP contribution in [0.3, 0.4) is 0 Å². The van der Waals surface area contributed by atoms with Crippen LogP contribution in [0.4, 0.5) is 4.79 Å². The smallest absolute Gasteiger partial charge is 0.312 e. The predicted molar refractivity (Wildman–Crippen MR) is 97.4 cm³/mol. The van der Waals surface area contributed by atoms with E-state index in [-0.39, 0.29) is 12.3 Å². The van der Waals surface area contributed by atoms with Crippen molar-refractivity contribution in [3.8, 4) is 0 Å². The molecule has 0 aliphatic carbocycles. The van der Waals surface area contributed by atoms with Crippen molar-refractivity contribution in [1.82, 2.24) is 10.6 Å². The highest BCUT2D eigenvalue weighted by Crippen LogP contribution is 2.19. The molecule has 0 aliphatic rings. The number of primary amides is 1. The lowest BCUT2D eigenvalue weighted by molar-refractivity contribution is -0.121. The van der Waals surface area contributed by atoms with Crippen LogP contribution in [0.25, 0.3) is 0 Å². The largest absolute Gasteiger partial charge is 0.356 e. The molecule has 0 saturated heterocycles. The summed E-state index contributed by atoms with van der Waals surface area (Å²) in [6.45, 7) is 0.548. The van der Waals surface area contributed by atoms with Crippen LogP contribution in [-0.4, -0.2) is 18.5 Å². The molecule has 2 aromatic carbocycles. The van der Waals surface area contributed by atoms with Gasteiger partial charge in [-0.15, -0.1) is 0 Å². The second-order valence-electron chi connectivity index (χ2n) is 5.40. The van der Waals surface area contributed by atoms with Crippen molar-refractivity contribution in [2.45, 2.75) is 18.9 Å². The summed E-state index contributed by atoms with van der Waals surface area (Å²) in [4.78, 5) is 23.4. The third-order valence-corrected chi connectivity index (χ3v) is 4.09. The Balaban J connectivity index is 1.89. The number of halogens is 1. The molecule has 3 amide bonds. The highest BCUT2D eigenvalue weighted by Gasteiger charge is 2.17. The van der Waals surface area contributed by atoms with Gasteiger partial charge in [0.25, 0.3) is 0 Å². The molecule has 24 heavy (non-hydrogen) atoms. The first kappa shape index (κ1) is 18.0. The average molecular weight is 390 g/mol. The summed E-state index contributed by atoms with van der Waals surface area (Å²) in [6.07, 6.45) is 0.901. The third-order valence-electron chi connectivity index (χ3n) is 3.56. The first-order chi connectivity index (χ1) is 11.5. The van der Waals surface area contributed by atoms with Crippen LogP contribution in [0.5, 0.6) is 0 Å². The van der Waals surface area contributed by atoms with Gasteiger partial charge < -0.3 is 16.4 Å². The molecule has 1 atom stereocenters. The van der Waals surface area contributed by atoms with E-state index in [0.717, 1.165) is 22.0 Å². The van der Waals surface area contributed by atoms with E-state index in [4.69, 9.17) is 5.73 Å². The van der Waals surface area contributed by atoms with Gasteiger partial charge in [-0.1, -0.05) is 58.4 Å². The van der Waals surface area contributed by atoms with Crippen LogP contribution in [0.15, 0.2) is 59.1 Å². The van der Waals surface area contributed by atoms with Gasteiger partial charge in [-0.2, -0.15) is 0 Å². The maximum atomic E-state index is 12.2. The van der Waals surface area contributed by atoms with Crippen LogP contribution in [-0.2, 0) is 11.2 Å². The number of carbonyl (C=O) groups excluding carboxylic acids is 2. The van der Waals surface area contributed by atoms with Crippen molar-refractivity contribution >= 4 is 27.9 Å². The van der Waals surface area contributed by atoms with Gasteiger partial charge in [0.05, 0.1) is 12.5 Å². The number of hydrogen-bond donors (Lipinski definition) is 3. The summed E-state index contributed by atoms with van der Waals surface area (Å²) in [5.74, 6) is -0.132. The van der Waals surface area contributed by atoms with Gasteiger partial charge in [-0.05, 0) is 29.7 Å². The SMILES string of the molecule is NC(=O)N[C@H](CC(=O)NCCc1ccccc1)c1ccc(Br)cc1. The van der Waals surface area contributed by atoms with Gasteiger partial charge in [0, 0.05) is 11.0 Å². The van der Waals surface area contributed by atoms with Crippen molar-refractivity contribution in [1.29, 1.82) is 0 Å². The monoisotopic (exact) mass is 389 g/mol. The van der Waals surface area contributed by atoms with Crippen molar-refractivity contribution in [3.63, 3.8) is 0 Å². The molecule has 0 spiro atoms. The lowest BCUT2D eigenvalue weighted by Crippen LogP contribution is -2.37. The maximum Gasteiger partial charge on any atom is 0.312 e. The number of nitrogens with two attached hydrogens (primary N) is 1. The van der Waals surface area contributed by atoms with E-state index < -0.39 is 12.1 Å². The van der Waals surface area contributed by atoms with Gasteiger partial charge in [0.1, 0.15) is 0 Å². The third kappa shape index (κ3) is 6.04. The standard InChI is InChI=1S/C18H20BrN3O2/c19-15-8-6-14(7-9-15)16(22-18(20)24)12-17(23)21-11-10-13-4-2-1-3-5-13/h1-9,16H,10-12H2,(H,21,23)(H3,20,22,24)/t16-/m1/s1. The minimum atomic E-state index is -0.653. The van der Waals surface area contributed by atoms with Gasteiger partial charge in [0.2, 0.25) is 5.91 Å². The Morgan fingerprint density at radius 3 is 2.33 bits per heavy atom. The lowest BCUT2D eigenvalue weighted by Gasteiger charge is -2.18. The summed E-state index contributed by atoms with van der Waals surface area (Å²) in [6, 6.07) is 16.2. The molecule has 2 rings (SSSR count). The zero-order chi connectivity index (χ0) is 17.4. The van der Waals surface area contributed by atoms with Crippen molar-refractivity contribution < 1.29 is 9.59 Å². The lowest BCUT2D eigenvalue weighted by atomic mass is 10.0. The fourth-order valence-corrected chi connectivity index (χ4v) is 2.63. The van der Waals surface area contributed by atoms with Gasteiger partial charge >= 0.3 is 6.03 Å². The van der Waals surface area contributed by atoms with E-state index in [1.54, 1.807) is 0 Å². The second kappa shape index (κ2) is 9.08. The number of carbonyl (C=O) groups is 2. The van der Waals surface area contributed by atoms with Gasteiger partial charge in [-0.25, -0.2) is 4.79 Å². The van der Waals surface area contributed by atoms with E-state index in [0.29, 0.717) is 6.54 Å². The average Bonchev–Trinajstić information content (AvgIpc) is 2.55. The molecule has 0 aromatic heterocycles. The van der Waals surface area contributed by atoms with Crippen LogP contribution >= 0.6 is 15.9 Å². The fourth-order valence-electron chi connectivity index (χ4n) is 2.37. The highest BCUT2D eigenvalue weighted by molar-refractivity contribution is 9.10. The Kier molecular flexibility index (Phi) is 6.81. The molecule has 2 aromatic rings. The van der Waals surface area contributed by atoms with Gasteiger partial charge in [0.15, 0.2) is 0 Å². The molecule has 0 bridgehead atoms. The summed E-state index contributed by atoms with van der Waals surface area (Å²) in [7, 11) is 0. The molecule has 0 unspecified atom stereocenters. The number of nitrogens with one attached hydrogen (secondary N) is 2. The highest BCUT2D eigenvalue weighted by atomic mass is 79.9. The van der Waals surface area contributed by atoms with Crippen molar-refractivity contribution in [2.75, 3.05) is 6.54 Å². The quantitative estimate of drug-likeness (QED) is 0.679. The minimum Gasteiger partial charge on any atom is -0.356 e. The van der Waals surface area contributed by atoms with Gasteiger partial charge in [-0.3, -0.25) is 4.79 Å². The van der Waals surface area contributed by atoms with E-state index in [2.05, 4.69) is 26.6 Å². The number of urea groups is 1. The molecule has 4 N–H and O–H groups in total. The van der Waals surface area contributed by atoms with Crippen molar-refractivity contribution in [3.05, 3.63) is 70.2 Å². The molecule has 0 radical (unpaired) electrons. The van der Waals surface area contributed by atoms with Crippen molar-refractivity contribution in [2.24, 2.45) is 5.73 Å². The Morgan fingerprint density at radius 2 is 1.71 bits per heavy atom. The summed E-state index contributed by atoms with van der Waals surface area (Å²) >= 11 is 3.36. The van der Waals surface area contributed by atoms with E-state index >= 15 is 0 Å². The molecule has 0 heterocycles. The molecule has 126 valence electrons. The van der Waals surface area contributed by atoms with Crippen LogP contribution in [0, 0.1) is 0 Å². The number of hydrogen-bond acceptors (Lipinski definition) is 2. The first-order valence-electron chi connectivity index (χ1n) is 7.66. The van der Waals surface area contributed by atoms with Crippen LogP contribution in [0.2, 0.25) is 0 Å². The Bertz CT molecular complexity index is 674. The molecule has 0 aliphatic heterocycles. The van der Waals surface area contributed by atoms with E-state index in [1.807, 2.05) is 54.6 Å². The minimum absolute atomic E-state index is 0.132. The van der Waals surface area contributed by atoms with Crippen LogP contribution in [0.1, 0.15) is 23.6 Å². The molecule has 0 saturated carbocycles. The molecular formula is C18H20BrN3O2. The molecule has 5 nitrogen and oxygen atoms in total. The fraction of sp³-hybridized carbons (Fsp3) is 0.222. The first-order valence-corrected chi connectivity index (χ1v) is 8.46. The zero-order valence-electron chi connectivity index (χ0n) is 13.2. The zero-order valence-corrected chi connectivity index (χ0v) is 14.8. The summed E-state index contributed by atoms with van der Waals surface area (Å²) in [5, 5.41) is 5.49. The Hall–Kier alpha value is -2.34. The maximum absolute atomic E-state index is 12.2. The Morgan fingerprint density at radius 1 is 1.04 bits per heavy atom. The van der Waals surface area contributed by atoms with Crippen LogP contribution < -0.4 is 16.4 Å². The van der Waals surface area contributed by atoms with E-state index in [1.165, 1.54) is 0 Å².